The Morgan fingerprint density at radius 2 is 1.83 bits per heavy atom. The third kappa shape index (κ3) is 5.29. The molecule has 18 heavy (non-hydrogen) atoms. The van der Waals surface area contributed by atoms with Crippen LogP contribution >= 0.6 is 11.8 Å². The Hall–Kier alpha value is -0.710. The van der Waals surface area contributed by atoms with Gasteiger partial charge in [0, 0.05) is 17.9 Å². The highest BCUT2D eigenvalue weighted by atomic mass is 32.2. The molecule has 1 aliphatic rings. The van der Waals surface area contributed by atoms with Crippen LogP contribution in [0.4, 0.5) is 0 Å². The van der Waals surface area contributed by atoms with Crippen LogP contribution in [0.3, 0.4) is 0 Å². The fourth-order valence-corrected chi connectivity index (χ4v) is 4.28. The second-order valence-electron chi connectivity index (χ2n) is 5.46. The normalized spacial score (nSPS) is 29.6. The number of carbonyl (C=O) groups is 2. The largest absolute Gasteiger partial charge is 0.480 e. The van der Waals surface area contributed by atoms with Crippen molar-refractivity contribution < 1.29 is 14.7 Å². The summed E-state index contributed by atoms with van der Waals surface area (Å²) < 4.78 is 0. The highest BCUT2D eigenvalue weighted by Gasteiger charge is 2.26. The number of carbonyl (C=O) groups excluding carboxylic acids is 1. The summed E-state index contributed by atoms with van der Waals surface area (Å²) in [5.41, 5.74) is 0. The zero-order chi connectivity index (χ0) is 13.7. The van der Waals surface area contributed by atoms with Gasteiger partial charge in [0.15, 0.2) is 0 Å². The van der Waals surface area contributed by atoms with E-state index < -0.39 is 12.0 Å². The average Bonchev–Trinajstić information content (AvgIpc) is 2.21. The van der Waals surface area contributed by atoms with Crippen LogP contribution in [0.25, 0.3) is 0 Å². The molecule has 3 unspecified atom stereocenters. The minimum absolute atomic E-state index is 0.284. The van der Waals surface area contributed by atoms with Gasteiger partial charge in [-0.15, -0.1) is 0 Å². The van der Waals surface area contributed by atoms with Crippen LogP contribution < -0.4 is 5.32 Å². The predicted octanol–water partition coefficient (Wildman–Crippen LogP) is 2.13. The summed E-state index contributed by atoms with van der Waals surface area (Å²) in [5.74, 6) is 0.660. The van der Waals surface area contributed by atoms with Gasteiger partial charge in [0.05, 0.1) is 0 Å². The molecule has 0 heterocycles. The summed E-state index contributed by atoms with van der Waals surface area (Å²) in [7, 11) is 0. The van der Waals surface area contributed by atoms with Crippen LogP contribution in [-0.2, 0) is 9.59 Å². The van der Waals surface area contributed by atoms with E-state index >= 15 is 0 Å². The molecule has 1 rings (SSSR count). The molecule has 0 radical (unpaired) electrons. The van der Waals surface area contributed by atoms with Gasteiger partial charge in [0.25, 0.3) is 0 Å². The first-order valence-corrected chi connectivity index (χ1v) is 7.54. The Bertz CT molecular complexity index is 299. The van der Waals surface area contributed by atoms with Gasteiger partial charge in [-0.1, -0.05) is 13.8 Å². The van der Waals surface area contributed by atoms with Crippen LogP contribution in [-0.4, -0.2) is 34.0 Å². The van der Waals surface area contributed by atoms with Gasteiger partial charge in [-0.05, 0) is 31.1 Å². The highest BCUT2D eigenvalue weighted by molar-refractivity contribution is 8.00. The summed E-state index contributed by atoms with van der Waals surface area (Å²) in [6, 6.07) is -0.764. The van der Waals surface area contributed by atoms with E-state index in [0.717, 1.165) is 24.7 Å². The molecule has 0 spiro atoms. The van der Waals surface area contributed by atoms with Crippen LogP contribution in [0.2, 0.25) is 0 Å². The van der Waals surface area contributed by atoms with Crippen LogP contribution in [0.1, 0.15) is 40.0 Å². The number of thioether (sulfide) groups is 1. The molecule has 1 aliphatic carbocycles. The Morgan fingerprint density at radius 1 is 1.28 bits per heavy atom. The van der Waals surface area contributed by atoms with Gasteiger partial charge in [0.2, 0.25) is 5.91 Å². The number of amides is 1. The van der Waals surface area contributed by atoms with Crippen LogP contribution in [0.5, 0.6) is 0 Å². The number of aliphatic carboxylic acids is 1. The van der Waals surface area contributed by atoms with Gasteiger partial charge in [0.1, 0.15) is 6.04 Å². The van der Waals surface area contributed by atoms with E-state index in [-0.39, 0.29) is 5.91 Å². The fraction of sp³-hybridized carbons (Fsp3) is 0.846. The van der Waals surface area contributed by atoms with Crippen molar-refractivity contribution in [2.45, 2.75) is 51.3 Å². The molecular weight excluding hydrogens is 250 g/mol. The minimum Gasteiger partial charge on any atom is -0.480 e. The maximum Gasteiger partial charge on any atom is 0.327 e. The SMILES string of the molecule is CC(=O)NC(CSC1CC(C)CC(C)C1)C(=O)O. The fourth-order valence-electron chi connectivity index (χ4n) is 2.66. The Kier molecular flexibility index (Phi) is 5.99. The Balaban J connectivity index is 2.41. The molecule has 104 valence electrons. The van der Waals surface area contributed by atoms with Crippen LogP contribution in [0.15, 0.2) is 0 Å². The van der Waals surface area contributed by atoms with Crippen molar-refractivity contribution in [3.63, 3.8) is 0 Å². The van der Waals surface area contributed by atoms with Crippen LogP contribution in [0, 0.1) is 11.8 Å². The lowest BCUT2D eigenvalue weighted by Gasteiger charge is -2.31. The summed E-state index contributed by atoms with van der Waals surface area (Å²) >= 11 is 1.69. The molecule has 0 bridgehead atoms. The number of hydrogen-bond acceptors (Lipinski definition) is 3. The number of carboxylic acids is 1. The molecule has 0 aromatic carbocycles. The van der Waals surface area contributed by atoms with Gasteiger partial charge < -0.3 is 10.4 Å². The summed E-state index contributed by atoms with van der Waals surface area (Å²) in [5, 5.41) is 12.0. The smallest absolute Gasteiger partial charge is 0.327 e. The molecular formula is C13H23NO3S. The van der Waals surface area contributed by atoms with Crippen molar-refractivity contribution in [2.24, 2.45) is 11.8 Å². The van der Waals surface area contributed by atoms with E-state index in [1.807, 2.05) is 0 Å². The van der Waals surface area contributed by atoms with Crippen molar-refractivity contribution in [1.82, 2.24) is 5.32 Å². The van der Waals surface area contributed by atoms with Gasteiger partial charge in [-0.25, -0.2) is 4.79 Å². The number of hydrogen-bond donors (Lipinski definition) is 2. The van der Waals surface area contributed by atoms with E-state index in [1.165, 1.54) is 13.3 Å². The summed E-state index contributed by atoms with van der Waals surface area (Å²) in [6.45, 7) is 5.86. The lowest BCUT2D eigenvalue weighted by atomic mass is 9.83. The molecule has 4 nitrogen and oxygen atoms in total. The average molecular weight is 273 g/mol. The van der Waals surface area contributed by atoms with Crippen molar-refractivity contribution >= 4 is 23.6 Å². The Labute approximate surface area is 113 Å². The molecule has 2 N–H and O–H groups in total. The van der Waals surface area contributed by atoms with Crippen molar-refractivity contribution in [3.8, 4) is 0 Å². The second kappa shape index (κ2) is 7.02. The molecule has 5 heteroatoms. The first-order chi connectivity index (χ1) is 8.38. The lowest BCUT2D eigenvalue weighted by Crippen LogP contribution is -2.42. The Morgan fingerprint density at radius 3 is 2.28 bits per heavy atom. The van der Waals surface area contributed by atoms with E-state index in [2.05, 4.69) is 19.2 Å². The standard InChI is InChI=1S/C13H23NO3S/c1-8-4-9(2)6-11(5-8)18-7-12(13(16)17)14-10(3)15/h8-9,11-12H,4-7H2,1-3H3,(H,14,15)(H,16,17). The van der Waals surface area contributed by atoms with E-state index in [9.17, 15) is 9.59 Å². The molecule has 0 aromatic heterocycles. The van der Waals surface area contributed by atoms with E-state index in [4.69, 9.17) is 5.11 Å². The number of carboxylic acid groups (broad SMARTS) is 1. The first kappa shape index (κ1) is 15.3. The van der Waals surface area contributed by atoms with Crippen molar-refractivity contribution in [2.75, 3.05) is 5.75 Å². The van der Waals surface area contributed by atoms with Gasteiger partial charge >= 0.3 is 5.97 Å². The summed E-state index contributed by atoms with van der Waals surface area (Å²) in [4.78, 5) is 21.9. The topological polar surface area (TPSA) is 66.4 Å². The van der Waals surface area contributed by atoms with Crippen molar-refractivity contribution in [1.29, 1.82) is 0 Å². The third-order valence-electron chi connectivity index (χ3n) is 3.31. The quantitative estimate of drug-likeness (QED) is 0.805. The van der Waals surface area contributed by atoms with Gasteiger partial charge in [-0.2, -0.15) is 11.8 Å². The molecule has 1 saturated carbocycles. The molecule has 0 aliphatic heterocycles. The summed E-state index contributed by atoms with van der Waals surface area (Å²) in [6.07, 6.45) is 3.58. The molecule has 0 aromatic rings. The zero-order valence-corrected chi connectivity index (χ0v) is 12.1. The minimum atomic E-state index is -0.949. The van der Waals surface area contributed by atoms with Crippen molar-refractivity contribution in [3.05, 3.63) is 0 Å². The number of rotatable bonds is 5. The monoisotopic (exact) mass is 273 g/mol. The third-order valence-corrected chi connectivity index (χ3v) is 4.69. The second-order valence-corrected chi connectivity index (χ2v) is 6.80. The lowest BCUT2D eigenvalue weighted by molar-refractivity contribution is -0.140. The van der Waals surface area contributed by atoms with Gasteiger partial charge in [-0.3, -0.25) is 4.79 Å². The van der Waals surface area contributed by atoms with E-state index in [1.54, 1.807) is 11.8 Å². The maximum atomic E-state index is 11.0. The maximum absolute atomic E-state index is 11.0. The predicted molar refractivity (Wildman–Crippen MR) is 73.7 cm³/mol. The zero-order valence-electron chi connectivity index (χ0n) is 11.3. The molecule has 1 fully saturated rings. The molecule has 3 atom stereocenters. The van der Waals surface area contributed by atoms with E-state index in [0.29, 0.717) is 11.0 Å². The molecule has 1 amide bonds. The number of nitrogens with one attached hydrogen (secondary N) is 1. The molecule has 0 saturated heterocycles. The first-order valence-electron chi connectivity index (χ1n) is 6.50. The highest BCUT2D eigenvalue weighted by Crippen LogP contribution is 2.35.